The van der Waals surface area contributed by atoms with Crippen LogP contribution in [0.2, 0.25) is 0 Å². The van der Waals surface area contributed by atoms with E-state index in [0.717, 1.165) is 16.9 Å². The Balaban J connectivity index is 1.70. The second kappa shape index (κ2) is 6.16. The van der Waals surface area contributed by atoms with Gasteiger partial charge >= 0.3 is 6.18 Å². The van der Waals surface area contributed by atoms with Crippen LogP contribution in [-0.2, 0) is 18.6 Å². The van der Waals surface area contributed by atoms with Crippen molar-refractivity contribution < 1.29 is 17.7 Å². The van der Waals surface area contributed by atoms with Gasteiger partial charge in [-0.15, -0.1) is 11.3 Å². The molecule has 0 saturated carbocycles. The lowest BCUT2D eigenvalue weighted by Crippen LogP contribution is -2.10. The second-order valence-electron chi connectivity index (χ2n) is 7.55. The van der Waals surface area contributed by atoms with Crippen LogP contribution in [0.25, 0.3) is 32.4 Å². The van der Waals surface area contributed by atoms with Crippen LogP contribution in [-0.4, -0.2) is 19.9 Å². The van der Waals surface area contributed by atoms with Gasteiger partial charge in [-0.2, -0.15) is 23.3 Å². The van der Waals surface area contributed by atoms with Gasteiger partial charge in [0.05, 0.1) is 4.88 Å². The number of benzene rings is 1. The Morgan fingerprint density at radius 2 is 1.75 bits per heavy atom. The molecule has 0 aliphatic carbocycles. The van der Waals surface area contributed by atoms with Gasteiger partial charge < -0.3 is 4.52 Å². The van der Waals surface area contributed by atoms with Crippen molar-refractivity contribution in [2.45, 2.75) is 32.4 Å². The Kier molecular flexibility index (Phi) is 4.11. The molecule has 9 heteroatoms. The number of thiophene rings is 1. The van der Waals surface area contributed by atoms with Crippen LogP contribution in [0.15, 0.2) is 34.9 Å². The molecule has 0 atom stereocenters. The summed E-state index contributed by atoms with van der Waals surface area (Å²) in [6, 6.07) is 9.23. The second-order valence-corrected chi connectivity index (χ2v) is 8.58. The molecule has 0 N–H and O–H groups in total. The summed E-state index contributed by atoms with van der Waals surface area (Å²) in [7, 11) is 1.48. The van der Waals surface area contributed by atoms with Crippen molar-refractivity contribution in [1.82, 2.24) is 19.9 Å². The van der Waals surface area contributed by atoms with E-state index in [1.54, 1.807) is 0 Å². The first-order valence-electron chi connectivity index (χ1n) is 8.53. The molecule has 4 aromatic rings. The Morgan fingerprint density at radius 1 is 1.07 bits per heavy atom. The summed E-state index contributed by atoms with van der Waals surface area (Å²) in [5, 5.41) is 7.58. The first-order chi connectivity index (χ1) is 13.0. The summed E-state index contributed by atoms with van der Waals surface area (Å²) in [6.45, 7) is 6.37. The Hall–Kier alpha value is -2.68. The zero-order valence-corrected chi connectivity index (χ0v) is 16.4. The topological polar surface area (TPSA) is 56.7 Å². The molecule has 3 heterocycles. The van der Waals surface area contributed by atoms with Crippen LogP contribution in [0.4, 0.5) is 13.2 Å². The van der Waals surface area contributed by atoms with E-state index in [4.69, 9.17) is 4.52 Å². The average molecular weight is 406 g/mol. The maximum atomic E-state index is 13.2. The smallest absolute Gasteiger partial charge is 0.333 e. The molecule has 28 heavy (non-hydrogen) atoms. The lowest BCUT2D eigenvalue weighted by molar-refractivity contribution is -0.140. The van der Waals surface area contributed by atoms with Gasteiger partial charge in [-0.25, -0.2) is 0 Å². The lowest BCUT2D eigenvalue weighted by Gasteiger charge is -2.18. The highest BCUT2D eigenvalue weighted by Crippen LogP contribution is 2.40. The average Bonchev–Trinajstić information content (AvgIpc) is 3.29. The molecule has 0 bridgehead atoms. The fourth-order valence-electron chi connectivity index (χ4n) is 2.92. The molecular formula is C19H17F3N4OS. The van der Waals surface area contributed by atoms with Crippen LogP contribution < -0.4 is 0 Å². The van der Waals surface area contributed by atoms with Crippen molar-refractivity contribution in [2.75, 3.05) is 0 Å². The number of hydrogen-bond donors (Lipinski definition) is 0. The van der Waals surface area contributed by atoms with Gasteiger partial charge in [0.2, 0.25) is 5.82 Å². The number of halogens is 3. The number of aryl methyl sites for hydroxylation is 1. The molecule has 5 nitrogen and oxygen atoms in total. The number of rotatable bonds is 2. The number of nitrogens with zero attached hydrogens (tertiary/aromatic N) is 4. The highest BCUT2D eigenvalue weighted by Gasteiger charge is 2.37. The Labute approximate surface area is 162 Å². The van der Waals surface area contributed by atoms with E-state index >= 15 is 0 Å². The predicted octanol–water partition coefficient (Wildman–Crippen LogP) is 5.67. The number of hydrogen-bond acceptors (Lipinski definition) is 5. The van der Waals surface area contributed by atoms with Crippen molar-refractivity contribution in [1.29, 1.82) is 0 Å². The van der Waals surface area contributed by atoms with E-state index in [-0.39, 0.29) is 16.7 Å². The van der Waals surface area contributed by atoms with Crippen LogP contribution >= 0.6 is 11.3 Å². The molecule has 0 unspecified atom stereocenters. The van der Waals surface area contributed by atoms with Gasteiger partial charge in [-0.3, -0.25) is 4.68 Å². The fraction of sp³-hybridized carbons (Fsp3) is 0.316. The minimum atomic E-state index is -4.52. The third-order valence-corrected chi connectivity index (χ3v) is 5.62. The van der Waals surface area contributed by atoms with Crippen LogP contribution in [0, 0.1) is 0 Å². The maximum absolute atomic E-state index is 13.2. The molecule has 146 valence electrons. The van der Waals surface area contributed by atoms with Crippen LogP contribution in [0.3, 0.4) is 0 Å². The Morgan fingerprint density at radius 3 is 2.36 bits per heavy atom. The quantitative estimate of drug-likeness (QED) is 0.430. The van der Waals surface area contributed by atoms with Crippen molar-refractivity contribution in [3.8, 4) is 22.2 Å². The molecule has 0 aliphatic rings. The molecule has 3 aromatic heterocycles. The number of aromatic nitrogens is 4. The third kappa shape index (κ3) is 3.19. The van der Waals surface area contributed by atoms with Crippen LogP contribution in [0.1, 0.15) is 32.0 Å². The van der Waals surface area contributed by atoms with Gasteiger partial charge in [-0.1, -0.05) is 50.2 Å². The summed E-state index contributed by atoms with van der Waals surface area (Å²) in [6.07, 6.45) is -4.52. The Bertz CT molecular complexity index is 1150. The van der Waals surface area contributed by atoms with Gasteiger partial charge in [-0.05, 0) is 17.0 Å². The first-order valence-corrected chi connectivity index (χ1v) is 9.34. The molecule has 0 radical (unpaired) electrons. The molecular weight excluding hydrogens is 389 g/mol. The SMILES string of the molecule is Cn1nc(C(F)(F)F)c2cc(-c3nc(-c4ccc(C(C)(C)C)cc4)no3)sc21. The van der Waals surface area contributed by atoms with E-state index in [2.05, 4.69) is 36.0 Å². The van der Waals surface area contributed by atoms with E-state index in [1.807, 2.05) is 24.3 Å². The molecule has 0 fully saturated rings. The lowest BCUT2D eigenvalue weighted by atomic mass is 9.87. The molecule has 0 aliphatic heterocycles. The summed E-state index contributed by atoms with van der Waals surface area (Å²) in [5.41, 5.74) is 1.07. The normalized spacial score (nSPS) is 12.8. The maximum Gasteiger partial charge on any atom is 0.435 e. The van der Waals surface area contributed by atoms with E-state index in [0.29, 0.717) is 15.5 Å². The summed E-state index contributed by atoms with van der Waals surface area (Å²) in [4.78, 5) is 5.23. The zero-order chi connectivity index (χ0) is 20.3. The van der Waals surface area contributed by atoms with Gasteiger partial charge in [0.1, 0.15) is 4.83 Å². The van der Waals surface area contributed by atoms with Gasteiger partial charge in [0, 0.05) is 18.0 Å². The highest BCUT2D eigenvalue weighted by molar-refractivity contribution is 7.21. The third-order valence-electron chi connectivity index (χ3n) is 4.43. The molecule has 0 saturated heterocycles. The fourth-order valence-corrected chi connectivity index (χ4v) is 3.91. The molecule has 1 aromatic carbocycles. The standard InChI is InChI=1S/C19H17F3N4OS/c1-18(2,3)11-7-5-10(6-8-11)15-23-16(27-25-15)13-9-12-14(19(20,21)22)24-26(4)17(12)28-13/h5-9H,1-4H3. The minimum absolute atomic E-state index is 0.0300. The molecule has 4 rings (SSSR count). The van der Waals surface area contributed by atoms with Gasteiger partial charge in [0.15, 0.2) is 5.69 Å². The minimum Gasteiger partial charge on any atom is -0.333 e. The first kappa shape index (κ1) is 18.7. The van der Waals surface area contributed by atoms with E-state index in [9.17, 15) is 13.2 Å². The summed E-state index contributed by atoms with van der Waals surface area (Å²) >= 11 is 1.13. The molecule has 0 amide bonds. The monoisotopic (exact) mass is 406 g/mol. The van der Waals surface area contributed by atoms with E-state index in [1.165, 1.54) is 23.4 Å². The number of fused-ring (bicyclic) bond motifs is 1. The zero-order valence-electron chi connectivity index (χ0n) is 15.6. The van der Waals surface area contributed by atoms with Crippen molar-refractivity contribution in [2.24, 2.45) is 7.05 Å². The van der Waals surface area contributed by atoms with E-state index < -0.39 is 11.9 Å². The summed E-state index contributed by atoms with van der Waals surface area (Å²) in [5.74, 6) is 0.575. The van der Waals surface area contributed by atoms with Crippen molar-refractivity contribution >= 4 is 21.6 Å². The van der Waals surface area contributed by atoms with Gasteiger partial charge in [0.25, 0.3) is 5.89 Å². The largest absolute Gasteiger partial charge is 0.435 e. The molecule has 0 spiro atoms. The highest BCUT2D eigenvalue weighted by atomic mass is 32.1. The number of alkyl halides is 3. The van der Waals surface area contributed by atoms with Crippen LogP contribution in [0.5, 0.6) is 0 Å². The van der Waals surface area contributed by atoms with Crippen molar-refractivity contribution in [3.63, 3.8) is 0 Å². The van der Waals surface area contributed by atoms with Crippen molar-refractivity contribution in [3.05, 3.63) is 41.6 Å². The summed E-state index contributed by atoms with van der Waals surface area (Å²) < 4.78 is 46.0. The predicted molar refractivity (Wildman–Crippen MR) is 101 cm³/mol.